The molecule has 0 aliphatic heterocycles. The Balaban J connectivity index is 2.08. The standard InChI is InChI=1S/C23H13Cl2F3S/c24-17-10-6-14(7-11-17)19-20(23(26,27)28)22(15-4-2-1-3-5-15)29-21(19)16-8-12-18(25)13-9-16/h1-13H. The van der Waals surface area contributed by atoms with Crippen LogP contribution >= 0.6 is 34.5 Å². The van der Waals surface area contributed by atoms with Crippen molar-refractivity contribution in [2.24, 2.45) is 0 Å². The molecule has 3 aromatic carbocycles. The Morgan fingerprint density at radius 3 is 1.59 bits per heavy atom. The fraction of sp³-hybridized carbons (Fsp3) is 0.0435. The maximum absolute atomic E-state index is 14.3. The number of hydrogen-bond donors (Lipinski definition) is 0. The molecule has 0 spiro atoms. The molecule has 146 valence electrons. The lowest BCUT2D eigenvalue weighted by Crippen LogP contribution is -2.07. The molecule has 1 aromatic heterocycles. The summed E-state index contributed by atoms with van der Waals surface area (Å²) in [7, 11) is 0. The third-order valence-corrected chi connectivity index (χ3v) is 6.26. The summed E-state index contributed by atoms with van der Waals surface area (Å²) in [5.74, 6) is 0. The quantitative estimate of drug-likeness (QED) is 0.293. The van der Waals surface area contributed by atoms with Crippen LogP contribution in [0.5, 0.6) is 0 Å². The van der Waals surface area contributed by atoms with Crippen molar-refractivity contribution in [1.82, 2.24) is 0 Å². The zero-order chi connectivity index (χ0) is 20.6. The highest BCUT2D eigenvalue weighted by molar-refractivity contribution is 7.19. The smallest absolute Gasteiger partial charge is 0.166 e. The summed E-state index contributed by atoms with van der Waals surface area (Å²) in [5.41, 5.74) is 1.18. The van der Waals surface area contributed by atoms with Crippen molar-refractivity contribution >= 4 is 34.5 Å². The summed E-state index contributed by atoms with van der Waals surface area (Å²) in [6, 6.07) is 21.9. The summed E-state index contributed by atoms with van der Waals surface area (Å²) in [6.45, 7) is 0. The topological polar surface area (TPSA) is 0 Å². The van der Waals surface area contributed by atoms with Crippen molar-refractivity contribution < 1.29 is 13.2 Å². The molecule has 0 aliphatic rings. The molecule has 0 N–H and O–H groups in total. The van der Waals surface area contributed by atoms with Gasteiger partial charge in [-0.1, -0.05) is 77.8 Å². The Hall–Kier alpha value is -2.27. The van der Waals surface area contributed by atoms with E-state index in [4.69, 9.17) is 23.2 Å². The molecule has 4 rings (SSSR count). The molecule has 0 saturated carbocycles. The molecule has 0 bridgehead atoms. The summed E-state index contributed by atoms with van der Waals surface area (Å²) in [6.07, 6.45) is -4.53. The number of thiophene rings is 1. The van der Waals surface area contributed by atoms with Crippen LogP contribution in [0.1, 0.15) is 5.56 Å². The summed E-state index contributed by atoms with van der Waals surface area (Å²) in [4.78, 5) is 0.725. The zero-order valence-corrected chi connectivity index (χ0v) is 17.1. The van der Waals surface area contributed by atoms with Gasteiger partial charge >= 0.3 is 6.18 Å². The first-order valence-electron chi connectivity index (χ1n) is 8.66. The van der Waals surface area contributed by atoms with E-state index in [1.54, 1.807) is 78.9 Å². The van der Waals surface area contributed by atoms with E-state index in [1.165, 1.54) is 0 Å². The predicted octanol–water partition coefficient (Wildman–Crippen LogP) is 9.07. The van der Waals surface area contributed by atoms with E-state index in [1.807, 2.05) is 0 Å². The third-order valence-electron chi connectivity index (χ3n) is 4.47. The van der Waals surface area contributed by atoms with Crippen LogP contribution in [0.3, 0.4) is 0 Å². The lowest BCUT2D eigenvalue weighted by Gasteiger charge is -2.13. The molecule has 0 amide bonds. The van der Waals surface area contributed by atoms with Crippen LogP contribution < -0.4 is 0 Å². The average molecular weight is 449 g/mol. The molecule has 0 aliphatic carbocycles. The van der Waals surface area contributed by atoms with E-state index in [9.17, 15) is 13.2 Å². The van der Waals surface area contributed by atoms with Crippen LogP contribution in [0.4, 0.5) is 13.2 Å². The molecule has 6 heteroatoms. The largest absolute Gasteiger partial charge is 0.418 e. The predicted molar refractivity (Wildman–Crippen MR) is 116 cm³/mol. The highest BCUT2D eigenvalue weighted by atomic mass is 35.5. The molecule has 0 saturated heterocycles. The monoisotopic (exact) mass is 448 g/mol. The lowest BCUT2D eigenvalue weighted by molar-refractivity contribution is -0.136. The molecule has 4 aromatic rings. The van der Waals surface area contributed by atoms with Crippen molar-refractivity contribution in [2.45, 2.75) is 6.18 Å². The number of hydrogen-bond acceptors (Lipinski definition) is 1. The molecular formula is C23H13Cl2F3S. The van der Waals surface area contributed by atoms with E-state index < -0.39 is 11.7 Å². The van der Waals surface area contributed by atoms with Gasteiger partial charge in [-0.2, -0.15) is 13.2 Å². The number of benzene rings is 3. The second kappa shape index (κ2) is 7.86. The summed E-state index contributed by atoms with van der Waals surface area (Å²) in [5, 5.41) is 0.992. The molecule has 29 heavy (non-hydrogen) atoms. The van der Waals surface area contributed by atoms with Crippen molar-refractivity contribution in [3.8, 4) is 32.0 Å². The normalized spacial score (nSPS) is 11.6. The Morgan fingerprint density at radius 2 is 1.07 bits per heavy atom. The van der Waals surface area contributed by atoms with Crippen molar-refractivity contribution in [1.29, 1.82) is 0 Å². The Labute approximate surface area is 180 Å². The van der Waals surface area contributed by atoms with Gasteiger partial charge in [0.2, 0.25) is 0 Å². The minimum absolute atomic E-state index is 0.153. The summed E-state index contributed by atoms with van der Waals surface area (Å²) >= 11 is 13.1. The van der Waals surface area contributed by atoms with Crippen LogP contribution in [-0.4, -0.2) is 0 Å². The minimum Gasteiger partial charge on any atom is -0.166 e. The molecule has 0 radical (unpaired) electrons. The van der Waals surface area contributed by atoms with Gasteiger partial charge in [0.25, 0.3) is 0 Å². The van der Waals surface area contributed by atoms with Crippen LogP contribution in [0.15, 0.2) is 78.9 Å². The van der Waals surface area contributed by atoms with Crippen LogP contribution in [0.25, 0.3) is 32.0 Å². The number of rotatable bonds is 3. The van der Waals surface area contributed by atoms with E-state index in [0.717, 1.165) is 11.3 Å². The Morgan fingerprint density at radius 1 is 0.586 bits per heavy atom. The van der Waals surface area contributed by atoms with Crippen LogP contribution in [0.2, 0.25) is 10.0 Å². The van der Waals surface area contributed by atoms with Crippen molar-refractivity contribution in [3.63, 3.8) is 0 Å². The van der Waals surface area contributed by atoms with Crippen LogP contribution in [-0.2, 0) is 6.18 Å². The van der Waals surface area contributed by atoms with E-state index >= 15 is 0 Å². The first kappa shape index (κ1) is 20.0. The first-order chi connectivity index (χ1) is 13.8. The second-order valence-corrected chi connectivity index (χ2v) is 8.28. The fourth-order valence-electron chi connectivity index (χ4n) is 3.19. The first-order valence-corrected chi connectivity index (χ1v) is 10.2. The average Bonchev–Trinajstić information content (AvgIpc) is 3.11. The van der Waals surface area contributed by atoms with Gasteiger partial charge in [0.05, 0.1) is 5.56 Å². The number of halogens is 5. The molecule has 0 fully saturated rings. The van der Waals surface area contributed by atoms with E-state index in [0.29, 0.717) is 31.6 Å². The number of alkyl halides is 3. The SMILES string of the molecule is FC(F)(F)c1c(-c2ccccc2)sc(-c2ccc(Cl)cc2)c1-c1ccc(Cl)cc1. The zero-order valence-electron chi connectivity index (χ0n) is 14.8. The molecule has 0 unspecified atom stereocenters. The van der Waals surface area contributed by atoms with Gasteiger partial charge in [-0.05, 0) is 41.0 Å². The maximum Gasteiger partial charge on any atom is 0.418 e. The maximum atomic E-state index is 14.3. The van der Waals surface area contributed by atoms with E-state index in [2.05, 4.69) is 0 Å². The van der Waals surface area contributed by atoms with Crippen LogP contribution in [0, 0.1) is 0 Å². The molecule has 0 nitrogen and oxygen atoms in total. The Bertz CT molecular complexity index is 1130. The summed E-state index contributed by atoms with van der Waals surface area (Å²) < 4.78 is 42.9. The lowest BCUT2D eigenvalue weighted by atomic mass is 9.95. The highest BCUT2D eigenvalue weighted by Gasteiger charge is 2.40. The van der Waals surface area contributed by atoms with Gasteiger partial charge in [-0.15, -0.1) is 11.3 Å². The molecule has 0 atom stereocenters. The van der Waals surface area contributed by atoms with Crippen molar-refractivity contribution in [3.05, 3.63) is 94.5 Å². The van der Waals surface area contributed by atoms with Gasteiger partial charge in [0, 0.05) is 25.4 Å². The molecular weight excluding hydrogens is 436 g/mol. The van der Waals surface area contributed by atoms with E-state index in [-0.39, 0.29) is 10.4 Å². The molecule has 1 heterocycles. The van der Waals surface area contributed by atoms with Gasteiger partial charge in [0.1, 0.15) is 0 Å². The van der Waals surface area contributed by atoms with Gasteiger partial charge in [0.15, 0.2) is 0 Å². The highest BCUT2D eigenvalue weighted by Crippen LogP contribution is 2.53. The van der Waals surface area contributed by atoms with Crippen molar-refractivity contribution in [2.75, 3.05) is 0 Å². The third kappa shape index (κ3) is 4.06. The van der Waals surface area contributed by atoms with Gasteiger partial charge in [-0.3, -0.25) is 0 Å². The Kier molecular flexibility index (Phi) is 5.43. The minimum atomic E-state index is -4.53. The fourth-order valence-corrected chi connectivity index (χ4v) is 4.80. The van der Waals surface area contributed by atoms with Gasteiger partial charge < -0.3 is 0 Å². The van der Waals surface area contributed by atoms with Gasteiger partial charge in [-0.25, -0.2) is 0 Å². The second-order valence-electron chi connectivity index (χ2n) is 6.39.